The number of halogens is 1. The molecular weight excluding hydrogens is 350 g/mol. The molecule has 3 heterocycles. The summed E-state index contributed by atoms with van der Waals surface area (Å²) in [5, 5.41) is 11.5. The van der Waals surface area contributed by atoms with Gasteiger partial charge in [0.25, 0.3) is 0 Å². The van der Waals surface area contributed by atoms with Gasteiger partial charge in [-0.25, -0.2) is 4.98 Å². The van der Waals surface area contributed by atoms with E-state index in [9.17, 15) is 5.11 Å². The lowest BCUT2D eigenvalue weighted by molar-refractivity contribution is -0.0367. The fourth-order valence-electron chi connectivity index (χ4n) is 3.49. The van der Waals surface area contributed by atoms with Gasteiger partial charge in [0, 0.05) is 36.1 Å². The van der Waals surface area contributed by atoms with Crippen LogP contribution < -0.4 is 0 Å². The maximum absolute atomic E-state index is 10.8. The molecule has 6 heteroatoms. The highest BCUT2D eigenvalue weighted by molar-refractivity contribution is 6.30. The molecule has 4 rings (SSSR count). The van der Waals surface area contributed by atoms with Gasteiger partial charge in [0.2, 0.25) is 0 Å². The second-order valence-corrected chi connectivity index (χ2v) is 7.45. The van der Waals surface area contributed by atoms with Crippen molar-refractivity contribution < 1.29 is 9.52 Å². The third-order valence-corrected chi connectivity index (χ3v) is 5.21. The van der Waals surface area contributed by atoms with Gasteiger partial charge in [0.1, 0.15) is 11.5 Å². The summed E-state index contributed by atoms with van der Waals surface area (Å²) in [4.78, 5) is 6.37. The van der Waals surface area contributed by atoms with Crippen molar-refractivity contribution in [3.63, 3.8) is 0 Å². The van der Waals surface area contributed by atoms with Gasteiger partial charge in [-0.2, -0.15) is 0 Å². The molecule has 0 unspecified atom stereocenters. The molecule has 1 aromatic carbocycles. The molecular formula is C20H22ClN3O2. The van der Waals surface area contributed by atoms with Crippen molar-refractivity contribution in [2.45, 2.75) is 31.5 Å². The van der Waals surface area contributed by atoms with Gasteiger partial charge in [-0.05, 0) is 37.1 Å². The Labute approximate surface area is 157 Å². The highest BCUT2D eigenvalue weighted by atomic mass is 35.5. The van der Waals surface area contributed by atoms with Crippen LogP contribution >= 0.6 is 11.6 Å². The molecule has 0 saturated carbocycles. The molecule has 1 saturated heterocycles. The van der Waals surface area contributed by atoms with E-state index in [2.05, 4.69) is 9.88 Å². The minimum absolute atomic E-state index is 0.598. The van der Waals surface area contributed by atoms with Crippen LogP contribution in [0.25, 0.3) is 11.3 Å². The van der Waals surface area contributed by atoms with E-state index in [4.69, 9.17) is 16.0 Å². The molecule has 1 aliphatic rings. The third-order valence-electron chi connectivity index (χ3n) is 4.97. The number of likely N-dealkylation sites (tertiary alicyclic amines) is 1. The molecule has 3 aromatic rings. The molecule has 0 spiro atoms. The van der Waals surface area contributed by atoms with Crippen LogP contribution in [0.5, 0.6) is 0 Å². The van der Waals surface area contributed by atoms with Crippen molar-refractivity contribution in [3.8, 4) is 11.3 Å². The summed E-state index contributed by atoms with van der Waals surface area (Å²) in [7, 11) is 0. The topological polar surface area (TPSA) is 54.4 Å². The van der Waals surface area contributed by atoms with E-state index in [1.807, 2.05) is 47.2 Å². The molecule has 0 atom stereocenters. The summed E-state index contributed by atoms with van der Waals surface area (Å²) >= 11 is 6.06. The molecule has 26 heavy (non-hydrogen) atoms. The number of aliphatic hydroxyl groups is 1. The number of hydrogen-bond acceptors (Lipinski definition) is 4. The lowest BCUT2D eigenvalue weighted by Gasteiger charge is -2.38. The highest BCUT2D eigenvalue weighted by Gasteiger charge is 2.32. The molecule has 1 fully saturated rings. The maximum atomic E-state index is 10.8. The van der Waals surface area contributed by atoms with Gasteiger partial charge in [-0.3, -0.25) is 4.90 Å². The quantitative estimate of drug-likeness (QED) is 0.740. The molecule has 0 aliphatic carbocycles. The zero-order valence-corrected chi connectivity index (χ0v) is 15.3. The summed E-state index contributed by atoms with van der Waals surface area (Å²) < 4.78 is 7.93. The van der Waals surface area contributed by atoms with Gasteiger partial charge in [0.05, 0.1) is 25.0 Å². The van der Waals surface area contributed by atoms with Crippen LogP contribution in [0, 0.1) is 0 Å². The van der Waals surface area contributed by atoms with Crippen LogP contribution in [0.4, 0.5) is 0 Å². The average Bonchev–Trinajstić information content (AvgIpc) is 3.29. The van der Waals surface area contributed by atoms with Crippen LogP contribution in [0.3, 0.4) is 0 Å². The Kier molecular flexibility index (Phi) is 4.85. The van der Waals surface area contributed by atoms with Gasteiger partial charge in [-0.1, -0.05) is 23.7 Å². The molecule has 5 nitrogen and oxygen atoms in total. The van der Waals surface area contributed by atoms with Crippen molar-refractivity contribution in [3.05, 3.63) is 65.9 Å². The zero-order chi connectivity index (χ0) is 18.0. The summed E-state index contributed by atoms with van der Waals surface area (Å²) in [6, 6.07) is 11.7. The summed E-state index contributed by atoms with van der Waals surface area (Å²) in [5.41, 5.74) is 0.323. The Balaban J connectivity index is 1.35. The second kappa shape index (κ2) is 7.27. The van der Waals surface area contributed by atoms with Crippen molar-refractivity contribution in [1.29, 1.82) is 0 Å². The molecule has 1 N–H and O–H groups in total. The van der Waals surface area contributed by atoms with Crippen LogP contribution in [-0.2, 0) is 13.1 Å². The number of imidazole rings is 1. The minimum Gasteiger partial charge on any atom is -0.460 e. The first-order chi connectivity index (χ1) is 12.6. The normalized spacial score (nSPS) is 17.5. The number of furan rings is 1. The van der Waals surface area contributed by atoms with Crippen molar-refractivity contribution in [2.75, 3.05) is 13.1 Å². The summed E-state index contributed by atoms with van der Waals surface area (Å²) in [6.07, 6.45) is 6.88. The lowest BCUT2D eigenvalue weighted by Crippen LogP contribution is -2.46. The fraction of sp³-hybridized carbons (Fsp3) is 0.350. The van der Waals surface area contributed by atoms with Crippen LogP contribution in [-0.4, -0.2) is 38.2 Å². The van der Waals surface area contributed by atoms with Crippen LogP contribution in [0.15, 0.2) is 59.5 Å². The number of piperidine rings is 1. The Morgan fingerprint density at radius 2 is 2.04 bits per heavy atom. The largest absolute Gasteiger partial charge is 0.460 e. The van der Waals surface area contributed by atoms with Gasteiger partial charge >= 0.3 is 0 Å². The number of rotatable bonds is 5. The molecule has 0 amide bonds. The van der Waals surface area contributed by atoms with Crippen molar-refractivity contribution >= 4 is 11.6 Å². The zero-order valence-electron chi connectivity index (χ0n) is 14.5. The predicted octanol–water partition coefficient (Wildman–Crippen LogP) is 3.82. The van der Waals surface area contributed by atoms with E-state index < -0.39 is 5.60 Å². The van der Waals surface area contributed by atoms with E-state index in [0.29, 0.717) is 11.6 Å². The number of hydrogen-bond donors (Lipinski definition) is 1. The number of benzene rings is 1. The smallest absolute Gasteiger partial charge is 0.134 e. The highest BCUT2D eigenvalue weighted by Crippen LogP contribution is 2.28. The summed E-state index contributed by atoms with van der Waals surface area (Å²) in [6.45, 7) is 3.04. The van der Waals surface area contributed by atoms with E-state index in [1.54, 1.807) is 12.5 Å². The first kappa shape index (κ1) is 17.3. The number of aromatic nitrogens is 2. The molecule has 2 aromatic heterocycles. The van der Waals surface area contributed by atoms with Gasteiger partial charge in [-0.15, -0.1) is 0 Å². The molecule has 1 aliphatic heterocycles. The van der Waals surface area contributed by atoms with E-state index in [1.165, 1.54) is 0 Å². The summed E-state index contributed by atoms with van der Waals surface area (Å²) in [5.74, 6) is 1.76. The number of nitrogens with zero attached hydrogens (tertiary/aromatic N) is 3. The van der Waals surface area contributed by atoms with Crippen LogP contribution in [0.2, 0.25) is 5.02 Å². The molecule has 136 valence electrons. The maximum Gasteiger partial charge on any atom is 0.134 e. The Morgan fingerprint density at radius 1 is 1.19 bits per heavy atom. The Hall–Kier alpha value is -2.08. The van der Waals surface area contributed by atoms with Crippen LogP contribution in [0.1, 0.15) is 18.6 Å². The first-order valence-corrected chi connectivity index (χ1v) is 9.23. The third kappa shape index (κ3) is 4.01. The Bertz CT molecular complexity index is 852. The minimum atomic E-state index is -0.660. The molecule has 0 bridgehead atoms. The average molecular weight is 372 g/mol. The van der Waals surface area contributed by atoms with Crippen molar-refractivity contribution in [1.82, 2.24) is 14.5 Å². The van der Waals surface area contributed by atoms with Gasteiger partial charge < -0.3 is 14.1 Å². The van der Waals surface area contributed by atoms with E-state index in [0.717, 1.165) is 49.6 Å². The lowest BCUT2D eigenvalue weighted by atomic mass is 9.91. The fourth-order valence-corrected chi connectivity index (χ4v) is 3.68. The first-order valence-electron chi connectivity index (χ1n) is 8.85. The monoisotopic (exact) mass is 371 g/mol. The predicted molar refractivity (Wildman–Crippen MR) is 101 cm³/mol. The SMILES string of the molecule is OC1(Cn2ccnc2)CCN(Cc2ccc(-c3cccc(Cl)c3)o2)CC1. The van der Waals surface area contributed by atoms with Crippen molar-refractivity contribution in [2.24, 2.45) is 0 Å². The van der Waals surface area contributed by atoms with E-state index >= 15 is 0 Å². The standard InChI is InChI=1S/C20H22ClN3O2/c21-17-3-1-2-16(12-17)19-5-4-18(26-19)13-23-9-6-20(25,7-10-23)14-24-11-8-22-15-24/h1-5,8,11-12,15,25H,6-7,9-10,13-14H2. The Morgan fingerprint density at radius 3 is 2.77 bits per heavy atom. The second-order valence-electron chi connectivity index (χ2n) is 7.01. The van der Waals surface area contributed by atoms with Gasteiger partial charge in [0.15, 0.2) is 0 Å². The molecule has 0 radical (unpaired) electrons. The van der Waals surface area contributed by atoms with E-state index in [-0.39, 0.29) is 0 Å².